The molecule has 0 radical (unpaired) electrons. The molecule has 0 fully saturated rings. The fourth-order valence-electron chi connectivity index (χ4n) is 1.64. The van der Waals surface area contributed by atoms with E-state index in [0.717, 1.165) is 33.2 Å². The zero-order valence-electron chi connectivity index (χ0n) is 10.9. The maximum absolute atomic E-state index is 6.00. The molecule has 0 atom stereocenters. The molecule has 0 aliphatic carbocycles. The third-order valence-corrected chi connectivity index (χ3v) is 4.83. The molecule has 19 heavy (non-hydrogen) atoms. The molecule has 0 amide bonds. The number of halogens is 2. The smallest absolute Gasteiger partial charge is 0.123 e. The minimum Gasteiger partial charge on any atom is -0.312 e. The van der Waals surface area contributed by atoms with Crippen LogP contribution in [-0.2, 0) is 6.54 Å². The first kappa shape index (κ1) is 15.0. The van der Waals surface area contributed by atoms with Crippen molar-refractivity contribution >= 4 is 38.9 Å². The molecule has 0 spiro atoms. The Balaban J connectivity index is 2.05. The molecule has 102 valence electrons. The van der Waals surface area contributed by atoms with Gasteiger partial charge in [0.1, 0.15) is 5.01 Å². The van der Waals surface area contributed by atoms with Crippen LogP contribution in [0.1, 0.15) is 18.7 Å². The zero-order chi connectivity index (χ0) is 13.8. The van der Waals surface area contributed by atoms with E-state index >= 15 is 0 Å². The van der Waals surface area contributed by atoms with Crippen molar-refractivity contribution in [2.45, 2.75) is 20.4 Å². The van der Waals surface area contributed by atoms with Crippen LogP contribution in [0.15, 0.2) is 28.9 Å². The van der Waals surface area contributed by atoms with Crippen molar-refractivity contribution in [3.63, 3.8) is 0 Å². The average Bonchev–Trinajstić information content (AvgIpc) is 2.81. The molecular weight excluding hydrogens is 344 g/mol. The number of hydrogen-bond acceptors (Lipinski definition) is 3. The van der Waals surface area contributed by atoms with Gasteiger partial charge in [0.05, 0.1) is 5.02 Å². The van der Waals surface area contributed by atoms with Gasteiger partial charge in [0.25, 0.3) is 0 Å². The number of rotatable bonds is 5. The largest absolute Gasteiger partial charge is 0.312 e. The Labute approximate surface area is 131 Å². The molecule has 0 bridgehead atoms. The van der Waals surface area contributed by atoms with Crippen LogP contribution >= 0.6 is 38.9 Å². The summed E-state index contributed by atoms with van der Waals surface area (Å²) in [5.74, 6) is 0.666. The van der Waals surface area contributed by atoms with Crippen molar-refractivity contribution < 1.29 is 0 Å². The van der Waals surface area contributed by atoms with Gasteiger partial charge in [0.15, 0.2) is 0 Å². The van der Waals surface area contributed by atoms with E-state index in [0.29, 0.717) is 5.92 Å². The molecule has 1 aromatic carbocycles. The predicted octanol–water partition coefficient (Wildman–Crippen LogP) is 4.97. The average molecular weight is 360 g/mol. The Morgan fingerprint density at radius 2 is 2.21 bits per heavy atom. The lowest BCUT2D eigenvalue weighted by Crippen LogP contribution is -2.18. The van der Waals surface area contributed by atoms with Gasteiger partial charge in [-0.05, 0) is 40.5 Å². The molecule has 2 nitrogen and oxygen atoms in total. The first-order valence-electron chi connectivity index (χ1n) is 6.17. The van der Waals surface area contributed by atoms with E-state index in [1.54, 1.807) is 11.3 Å². The SMILES string of the molecule is CC(C)CNCc1cnc(-c2ccc(Cl)c(Br)c2)s1. The van der Waals surface area contributed by atoms with E-state index in [2.05, 4.69) is 40.1 Å². The quantitative estimate of drug-likeness (QED) is 0.815. The molecule has 1 aromatic heterocycles. The first-order valence-corrected chi connectivity index (χ1v) is 8.16. The third-order valence-electron chi connectivity index (χ3n) is 2.57. The lowest BCUT2D eigenvalue weighted by Gasteiger charge is -2.04. The summed E-state index contributed by atoms with van der Waals surface area (Å²) in [7, 11) is 0. The molecule has 2 aromatic rings. The molecule has 5 heteroatoms. The van der Waals surface area contributed by atoms with E-state index in [1.807, 2.05) is 24.4 Å². The highest BCUT2D eigenvalue weighted by atomic mass is 79.9. The van der Waals surface area contributed by atoms with Crippen LogP contribution in [0, 0.1) is 5.92 Å². The minimum absolute atomic E-state index is 0.666. The summed E-state index contributed by atoms with van der Waals surface area (Å²) in [6.45, 7) is 6.32. The summed E-state index contributed by atoms with van der Waals surface area (Å²) in [4.78, 5) is 5.72. The van der Waals surface area contributed by atoms with Gasteiger partial charge in [-0.25, -0.2) is 4.98 Å². The van der Waals surface area contributed by atoms with Crippen LogP contribution in [0.25, 0.3) is 10.6 Å². The summed E-state index contributed by atoms with van der Waals surface area (Å²) < 4.78 is 0.904. The summed E-state index contributed by atoms with van der Waals surface area (Å²) in [6, 6.07) is 5.89. The van der Waals surface area contributed by atoms with Crippen LogP contribution in [0.2, 0.25) is 5.02 Å². The van der Waals surface area contributed by atoms with Crippen molar-refractivity contribution in [1.82, 2.24) is 10.3 Å². The fraction of sp³-hybridized carbons (Fsp3) is 0.357. The topological polar surface area (TPSA) is 24.9 Å². The van der Waals surface area contributed by atoms with Crippen LogP contribution in [0.5, 0.6) is 0 Å². The molecule has 2 rings (SSSR count). The van der Waals surface area contributed by atoms with Gasteiger partial charge in [-0.3, -0.25) is 0 Å². The fourth-order valence-corrected chi connectivity index (χ4v) is 3.01. The van der Waals surface area contributed by atoms with Crippen LogP contribution in [-0.4, -0.2) is 11.5 Å². The Morgan fingerprint density at radius 1 is 1.42 bits per heavy atom. The summed E-state index contributed by atoms with van der Waals surface area (Å²) in [6.07, 6.45) is 1.94. The van der Waals surface area contributed by atoms with E-state index in [1.165, 1.54) is 4.88 Å². The highest BCUT2D eigenvalue weighted by molar-refractivity contribution is 9.10. The van der Waals surface area contributed by atoms with Gasteiger partial charge in [0, 0.05) is 27.7 Å². The Kier molecular flexibility index (Phi) is 5.39. The predicted molar refractivity (Wildman–Crippen MR) is 86.8 cm³/mol. The van der Waals surface area contributed by atoms with Gasteiger partial charge in [-0.2, -0.15) is 0 Å². The Morgan fingerprint density at radius 3 is 2.89 bits per heavy atom. The normalized spacial score (nSPS) is 11.2. The van der Waals surface area contributed by atoms with Gasteiger partial charge in [-0.1, -0.05) is 31.5 Å². The first-order chi connectivity index (χ1) is 9.06. The lowest BCUT2D eigenvalue weighted by molar-refractivity contribution is 0.554. The van der Waals surface area contributed by atoms with Crippen molar-refractivity contribution in [2.24, 2.45) is 5.92 Å². The van der Waals surface area contributed by atoms with Gasteiger partial charge in [0.2, 0.25) is 0 Å². The second kappa shape index (κ2) is 6.84. The molecule has 0 saturated carbocycles. The summed E-state index contributed by atoms with van der Waals surface area (Å²) in [5.41, 5.74) is 1.09. The second-order valence-corrected chi connectivity index (χ2v) is 7.16. The van der Waals surface area contributed by atoms with Crippen LogP contribution in [0.3, 0.4) is 0 Å². The van der Waals surface area contributed by atoms with E-state index in [-0.39, 0.29) is 0 Å². The van der Waals surface area contributed by atoms with E-state index < -0.39 is 0 Å². The molecule has 1 heterocycles. The molecule has 0 aliphatic rings. The van der Waals surface area contributed by atoms with Crippen LogP contribution < -0.4 is 5.32 Å². The zero-order valence-corrected chi connectivity index (χ0v) is 14.1. The number of hydrogen-bond donors (Lipinski definition) is 1. The van der Waals surface area contributed by atoms with Crippen molar-refractivity contribution in [1.29, 1.82) is 0 Å². The third kappa shape index (κ3) is 4.28. The van der Waals surface area contributed by atoms with Gasteiger partial charge >= 0.3 is 0 Å². The highest BCUT2D eigenvalue weighted by Gasteiger charge is 2.07. The van der Waals surface area contributed by atoms with Gasteiger partial charge < -0.3 is 5.32 Å². The van der Waals surface area contributed by atoms with Gasteiger partial charge in [-0.15, -0.1) is 11.3 Å². The standard InChI is InChI=1S/C14H16BrClN2S/c1-9(2)6-17-7-11-8-18-14(19-11)10-3-4-13(16)12(15)5-10/h3-5,8-9,17H,6-7H2,1-2H3. The summed E-state index contributed by atoms with van der Waals surface area (Å²) in [5, 5.41) is 5.17. The molecule has 0 saturated heterocycles. The second-order valence-electron chi connectivity index (χ2n) is 4.79. The Hall–Kier alpha value is -0.420. The number of nitrogens with zero attached hydrogens (tertiary/aromatic N) is 1. The monoisotopic (exact) mass is 358 g/mol. The maximum atomic E-state index is 6.00. The van der Waals surface area contributed by atoms with Crippen molar-refractivity contribution in [2.75, 3.05) is 6.54 Å². The Bertz CT molecular complexity index is 554. The number of thiazole rings is 1. The minimum atomic E-state index is 0.666. The number of nitrogens with one attached hydrogen (secondary N) is 1. The van der Waals surface area contributed by atoms with E-state index in [4.69, 9.17) is 11.6 Å². The molecule has 0 unspecified atom stereocenters. The van der Waals surface area contributed by atoms with E-state index in [9.17, 15) is 0 Å². The lowest BCUT2D eigenvalue weighted by atomic mass is 10.2. The highest BCUT2D eigenvalue weighted by Crippen LogP contribution is 2.31. The molecule has 0 aliphatic heterocycles. The maximum Gasteiger partial charge on any atom is 0.123 e. The summed E-state index contributed by atoms with van der Waals surface area (Å²) >= 11 is 11.2. The number of aromatic nitrogens is 1. The van der Waals surface area contributed by atoms with Crippen molar-refractivity contribution in [3.8, 4) is 10.6 Å². The molecule has 1 N–H and O–H groups in total. The van der Waals surface area contributed by atoms with Crippen LogP contribution in [0.4, 0.5) is 0 Å². The van der Waals surface area contributed by atoms with Crippen molar-refractivity contribution in [3.05, 3.63) is 38.8 Å². The number of benzene rings is 1. The molecular formula is C14H16BrClN2S.